The predicted molar refractivity (Wildman–Crippen MR) is 95.5 cm³/mol. The molecule has 2 aromatic rings. The highest BCUT2D eigenvalue weighted by Gasteiger charge is 2.21. The number of hydrogen-bond acceptors (Lipinski definition) is 6. The average Bonchev–Trinajstić information content (AvgIpc) is 2.65. The van der Waals surface area contributed by atoms with Crippen LogP contribution in [0.4, 0.5) is 8.78 Å². The van der Waals surface area contributed by atoms with Gasteiger partial charge in [0.1, 0.15) is 29.4 Å². The lowest BCUT2D eigenvalue weighted by Gasteiger charge is -2.29. The molecule has 0 spiro atoms. The highest BCUT2D eigenvalue weighted by molar-refractivity contribution is 6.42. The van der Waals surface area contributed by atoms with E-state index in [9.17, 15) is 8.78 Å². The van der Waals surface area contributed by atoms with Crippen molar-refractivity contribution in [3.05, 3.63) is 70.4 Å². The molecule has 27 heavy (non-hydrogen) atoms. The van der Waals surface area contributed by atoms with E-state index < -0.39 is 11.6 Å². The average molecular weight is 395 g/mol. The number of hydrogen-bond donors (Lipinski definition) is 1. The predicted octanol–water partition coefficient (Wildman–Crippen LogP) is 3.10. The molecule has 3 rings (SSSR count). The molecule has 9 heteroatoms. The minimum atomic E-state index is -0.689. The summed E-state index contributed by atoms with van der Waals surface area (Å²) < 4.78 is 32.2. The molecule has 0 amide bonds. The van der Waals surface area contributed by atoms with Gasteiger partial charge in [0.25, 0.3) is 0 Å². The third-order valence-corrected chi connectivity index (χ3v) is 4.17. The maximum atomic E-state index is 13.7. The molecule has 6 nitrogen and oxygen atoms in total. The molecule has 0 aliphatic carbocycles. The summed E-state index contributed by atoms with van der Waals surface area (Å²) >= 11 is 6.23. The van der Waals surface area contributed by atoms with E-state index in [2.05, 4.69) is 15.0 Å². The van der Waals surface area contributed by atoms with Crippen molar-refractivity contribution in [2.45, 2.75) is 32.8 Å². The Bertz CT molecular complexity index is 874. The highest BCUT2D eigenvalue weighted by Crippen LogP contribution is 2.21. The monoisotopic (exact) mass is 394 g/mol. The summed E-state index contributed by atoms with van der Waals surface area (Å²) in [5.74, 6) is -1.15. The Hall–Kier alpha value is -2.58. The van der Waals surface area contributed by atoms with Crippen molar-refractivity contribution >= 4 is 17.5 Å². The van der Waals surface area contributed by atoms with E-state index >= 15 is 0 Å². The SMILES string of the molecule is CC1N=C(OCc2ccc(F)cc2F)C(Cl)=CN1Cc1cnc(CO)cn1. The molecule has 1 aliphatic heterocycles. The summed E-state index contributed by atoms with van der Waals surface area (Å²) in [4.78, 5) is 14.5. The molecule has 0 bridgehead atoms. The van der Waals surface area contributed by atoms with Crippen molar-refractivity contribution in [3.8, 4) is 0 Å². The summed E-state index contributed by atoms with van der Waals surface area (Å²) in [5.41, 5.74) is 1.38. The van der Waals surface area contributed by atoms with Gasteiger partial charge in [0, 0.05) is 17.8 Å². The zero-order valence-electron chi connectivity index (χ0n) is 14.4. The van der Waals surface area contributed by atoms with Crippen molar-refractivity contribution in [3.63, 3.8) is 0 Å². The zero-order valence-corrected chi connectivity index (χ0v) is 15.2. The lowest BCUT2D eigenvalue weighted by atomic mass is 10.2. The van der Waals surface area contributed by atoms with Gasteiger partial charge in [0.2, 0.25) is 5.90 Å². The first-order valence-corrected chi connectivity index (χ1v) is 8.52. The van der Waals surface area contributed by atoms with Crippen LogP contribution in [-0.2, 0) is 24.5 Å². The fourth-order valence-electron chi connectivity index (χ4n) is 2.41. The number of aliphatic imine (C=N–C) groups is 1. The Kier molecular flexibility index (Phi) is 5.98. The number of aliphatic hydroxyl groups excluding tert-OH is 1. The van der Waals surface area contributed by atoms with Crippen LogP contribution in [0.1, 0.15) is 23.9 Å². The van der Waals surface area contributed by atoms with E-state index in [-0.39, 0.29) is 35.9 Å². The second kappa shape index (κ2) is 8.41. The Balaban J connectivity index is 1.64. The van der Waals surface area contributed by atoms with Crippen LogP contribution in [-0.4, -0.2) is 32.0 Å². The Morgan fingerprint density at radius 2 is 1.96 bits per heavy atom. The Morgan fingerprint density at radius 3 is 2.63 bits per heavy atom. The van der Waals surface area contributed by atoms with Crippen molar-refractivity contribution in [2.75, 3.05) is 0 Å². The van der Waals surface area contributed by atoms with Gasteiger partial charge in [-0.3, -0.25) is 9.97 Å². The molecule has 1 aromatic heterocycles. The van der Waals surface area contributed by atoms with Crippen LogP contribution in [0.25, 0.3) is 0 Å². The molecule has 1 aromatic carbocycles. The molecule has 1 atom stereocenters. The fraction of sp³-hybridized carbons (Fsp3) is 0.278. The summed E-state index contributed by atoms with van der Waals surface area (Å²) in [6, 6.07) is 3.28. The molecular weight excluding hydrogens is 378 g/mol. The molecular formula is C18H17ClF2N4O2. The van der Waals surface area contributed by atoms with Gasteiger partial charge in [0.15, 0.2) is 0 Å². The van der Waals surface area contributed by atoms with E-state index in [1.807, 2.05) is 11.8 Å². The maximum absolute atomic E-state index is 13.7. The second-order valence-corrected chi connectivity index (χ2v) is 6.30. The molecule has 0 radical (unpaired) electrons. The number of aromatic nitrogens is 2. The molecule has 0 saturated carbocycles. The van der Waals surface area contributed by atoms with Gasteiger partial charge in [-0.15, -0.1) is 0 Å². The molecule has 0 fully saturated rings. The van der Waals surface area contributed by atoms with Gasteiger partial charge in [-0.1, -0.05) is 11.6 Å². The quantitative estimate of drug-likeness (QED) is 0.843. The van der Waals surface area contributed by atoms with E-state index in [0.717, 1.165) is 12.1 Å². The first kappa shape index (κ1) is 19.2. The first-order valence-electron chi connectivity index (χ1n) is 8.15. The molecule has 0 saturated heterocycles. The van der Waals surface area contributed by atoms with Crippen molar-refractivity contribution in [1.82, 2.24) is 14.9 Å². The lowest BCUT2D eigenvalue weighted by molar-refractivity contribution is 0.248. The number of ether oxygens (including phenoxy) is 1. The number of aliphatic hydroxyl groups is 1. The summed E-state index contributed by atoms with van der Waals surface area (Å²) in [5, 5.41) is 9.27. The lowest BCUT2D eigenvalue weighted by Crippen LogP contribution is -2.32. The van der Waals surface area contributed by atoms with E-state index in [4.69, 9.17) is 21.4 Å². The molecule has 1 unspecified atom stereocenters. The summed E-state index contributed by atoms with van der Waals surface area (Å²) in [6.07, 6.45) is 4.45. The van der Waals surface area contributed by atoms with Crippen LogP contribution < -0.4 is 0 Å². The third kappa shape index (κ3) is 4.78. The fourth-order valence-corrected chi connectivity index (χ4v) is 2.64. The molecule has 1 aliphatic rings. The van der Waals surface area contributed by atoms with Gasteiger partial charge in [0.05, 0.1) is 36.9 Å². The third-order valence-electron chi connectivity index (χ3n) is 3.91. The van der Waals surface area contributed by atoms with Crippen molar-refractivity contribution in [1.29, 1.82) is 0 Å². The van der Waals surface area contributed by atoms with Crippen LogP contribution in [0, 0.1) is 11.6 Å². The minimum Gasteiger partial charge on any atom is -0.472 e. The molecule has 142 valence electrons. The van der Waals surface area contributed by atoms with Crippen LogP contribution in [0.2, 0.25) is 0 Å². The van der Waals surface area contributed by atoms with E-state index in [1.165, 1.54) is 12.3 Å². The first-order chi connectivity index (χ1) is 13.0. The van der Waals surface area contributed by atoms with Crippen LogP contribution in [0.5, 0.6) is 0 Å². The minimum absolute atomic E-state index is 0.115. The standard InChI is InChI=1S/C18H17ClF2N4O2/c1-11-24-18(27-10-12-2-3-13(20)4-17(12)21)16(19)8-25(11)7-14-5-23-15(9-26)6-22-14/h2-6,8,11,26H,7,9-10H2,1H3. The Labute approximate surface area is 159 Å². The maximum Gasteiger partial charge on any atom is 0.231 e. The molecule has 1 N–H and O–H groups in total. The van der Waals surface area contributed by atoms with Gasteiger partial charge in [-0.25, -0.2) is 13.8 Å². The number of benzene rings is 1. The van der Waals surface area contributed by atoms with Crippen LogP contribution in [0.3, 0.4) is 0 Å². The van der Waals surface area contributed by atoms with Crippen LogP contribution in [0.15, 0.2) is 46.8 Å². The number of nitrogens with zero attached hydrogens (tertiary/aromatic N) is 4. The Morgan fingerprint density at radius 1 is 1.22 bits per heavy atom. The number of halogens is 3. The van der Waals surface area contributed by atoms with Gasteiger partial charge >= 0.3 is 0 Å². The van der Waals surface area contributed by atoms with E-state index in [0.29, 0.717) is 17.9 Å². The van der Waals surface area contributed by atoms with Crippen molar-refractivity contribution in [2.24, 2.45) is 4.99 Å². The highest BCUT2D eigenvalue weighted by atomic mass is 35.5. The van der Waals surface area contributed by atoms with Gasteiger partial charge in [-0.2, -0.15) is 0 Å². The summed E-state index contributed by atoms with van der Waals surface area (Å²) in [6.45, 7) is 1.98. The second-order valence-electron chi connectivity index (χ2n) is 5.90. The summed E-state index contributed by atoms with van der Waals surface area (Å²) in [7, 11) is 0. The van der Waals surface area contributed by atoms with E-state index in [1.54, 1.807) is 12.4 Å². The van der Waals surface area contributed by atoms with Gasteiger partial charge in [-0.05, 0) is 19.1 Å². The smallest absolute Gasteiger partial charge is 0.231 e. The largest absolute Gasteiger partial charge is 0.472 e. The zero-order chi connectivity index (χ0) is 19.4. The molecule has 2 heterocycles. The van der Waals surface area contributed by atoms with Gasteiger partial charge < -0.3 is 14.7 Å². The number of rotatable bonds is 5. The topological polar surface area (TPSA) is 70.8 Å². The normalized spacial score (nSPS) is 16.8. The van der Waals surface area contributed by atoms with Crippen molar-refractivity contribution < 1.29 is 18.6 Å². The van der Waals surface area contributed by atoms with Crippen LogP contribution >= 0.6 is 11.6 Å².